The third kappa shape index (κ3) is 9.63. The van der Waals surface area contributed by atoms with E-state index in [1.165, 1.54) is 0 Å². The van der Waals surface area contributed by atoms with Crippen LogP contribution in [0.3, 0.4) is 0 Å². The van der Waals surface area contributed by atoms with Crippen molar-refractivity contribution in [2.24, 2.45) is 0 Å². The topological polar surface area (TPSA) is 0 Å². The fourth-order valence-electron chi connectivity index (χ4n) is 0. The number of hydrogen-bond donors (Lipinski definition) is 0. The van der Waals surface area contributed by atoms with Crippen molar-refractivity contribution >= 4 is 19.4 Å². The van der Waals surface area contributed by atoms with E-state index in [0.29, 0.717) is 0 Å². The van der Waals surface area contributed by atoms with Crippen molar-refractivity contribution in [2.75, 3.05) is 0 Å². The summed E-state index contributed by atoms with van der Waals surface area (Å²) in [6, 6.07) is 0. The monoisotopic (exact) mass is 188 g/mol. The van der Waals surface area contributed by atoms with E-state index in [1.807, 2.05) is 0 Å². The second-order valence-corrected chi connectivity index (χ2v) is 0. The van der Waals surface area contributed by atoms with Crippen LogP contribution >= 0.6 is 0 Å². The summed E-state index contributed by atoms with van der Waals surface area (Å²) in [6.07, 6.45) is 0. The molecule has 0 saturated carbocycles. The Balaban J connectivity index is 0. The molecule has 0 saturated heterocycles. The van der Waals surface area contributed by atoms with Crippen molar-refractivity contribution in [3.8, 4) is 0 Å². The molecule has 0 aliphatic heterocycles. The van der Waals surface area contributed by atoms with Gasteiger partial charge in [-0.25, -0.2) is 0 Å². The van der Waals surface area contributed by atoms with Crippen LogP contribution in [0.1, 0.15) is 0 Å². The Morgan fingerprint density at radius 1 is 1.00 bits per heavy atom. The van der Waals surface area contributed by atoms with Crippen LogP contribution in [0.25, 0.3) is 0 Å². The van der Waals surface area contributed by atoms with Gasteiger partial charge in [-0.3, -0.25) is 0 Å². The Bertz CT molecular complexity index is 8.00. The molecule has 0 amide bonds. The molecule has 0 aromatic heterocycles. The van der Waals surface area contributed by atoms with Gasteiger partial charge in [-0.15, -0.1) is 0 Å². The molecule has 0 aromatic carbocycles. The molecule has 0 heterocycles. The minimum atomic E-state index is 0. The summed E-state index contributed by atoms with van der Waals surface area (Å²) in [5.74, 6) is 0. The van der Waals surface area contributed by atoms with Crippen LogP contribution in [0.4, 0.5) is 0 Å². The van der Waals surface area contributed by atoms with Gasteiger partial charge in [0.05, 0.1) is 0 Å². The van der Waals surface area contributed by atoms with Gasteiger partial charge in [0.25, 0.3) is 0 Å². The SMILES string of the molecule is [B].[Fe].[Nb].[Si]. The second-order valence-electron chi connectivity index (χ2n) is 0. The van der Waals surface area contributed by atoms with Crippen LogP contribution in [0.15, 0.2) is 0 Å². The van der Waals surface area contributed by atoms with Gasteiger partial charge in [0.1, 0.15) is 0 Å². The largest absolute Gasteiger partial charge is 0 e. The molecular formula is BFeNbSi. The van der Waals surface area contributed by atoms with Crippen molar-refractivity contribution in [3.63, 3.8) is 0 Å². The standard InChI is InChI=1S/B.Fe.Nb.Si. The molecule has 0 aliphatic carbocycles. The van der Waals surface area contributed by atoms with Gasteiger partial charge in [-0.1, -0.05) is 0 Å². The molecule has 8 radical (unpaired) electrons. The molecule has 0 spiro atoms. The summed E-state index contributed by atoms with van der Waals surface area (Å²) >= 11 is 0. The van der Waals surface area contributed by atoms with E-state index in [1.54, 1.807) is 0 Å². The average Bonchev–Trinajstić information content (AvgIpc) is 0. The van der Waals surface area contributed by atoms with Gasteiger partial charge in [0.2, 0.25) is 0 Å². The smallest absolute Gasteiger partial charge is 0 e. The Morgan fingerprint density at radius 3 is 1.00 bits per heavy atom. The molecule has 0 aromatic rings. The van der Waals surface area contributed by atoms with Gasteiger partial charge >= 0.3 is 0 Å². The summed E-state index contributed by atoms with van der Waals surface area (Å²) in [4.78, 5) is 0. The molecule has 4 heteroatoms. The average molecular weight is 188 g/mol. The first kappa shape index (κ1) is 48.1. The fraction of sp³-hybridized carbons (Fsp3) is 0. The second kappa shape index (κ2) is 24.0. The van der Waals surface area contributed by atoms with Crippen LogP contribution in [-0.2, 0) is 39.4 Å². The van der Waals surface area contributed by atoms with Crippen LogP contribution in [0, 0.1) is 0 Å². The normalized spacial score (nSPS) is 0. The molecule has 0 bridgehead atoms. The molecule has 0 nitrogen and oxygen atoms in total. The molecule has 0 fully saturated rings. The molecule has 0 unspecified atom stereocenters. The van der Waals surface area contributed by atoms with Gasteiger partial charge in [0.15, 0.2) is 0 Å². The third-order valence-electron chi connectivity index (χ3n) is 0. The molecule has 4 heavy (non-hydrogen) atoms. The molecular weight excluding hydrogens is 188 g/mol. The zero-order chi connectivity index (χ0) is 0. The fourth-order valence-corrected chi connectivity index (χ4v) is 0. The predicted octanol–water partition coefficient (Wildman–Crippen LogP) is -0.767. The Kier molecular flexibility index (Phi) is 288. The van der Waals surface area contributed by atoms with E-state index >= 15 is 0 Å². The van der Waals surface area contributed by atoms with Crippen LogP contribution < -0.4 is 0 Å². The van der Waals surface area contributed by atoms with E-state index in [4.69, 9.17) is 0 Å². The van der Waals surface area contributed by atoms with Crippen molar-refractivity contribution in [3.05, 3.63) is 0 Å². The summed E-state index contributed by atoms with van der Waals surface area (Å²) < 4.78 is 0. The van der Waals surface area contributed by atoms with E-state index in [9.17, 15) is 0 Å². The van der Waals surface area contributed by atoms with Crippen molar-refractivity contribution < 1.29 is 39.4 Å². The summed E-state index contributed by atoms with van der Waals surface area (Å²) in [5, 5.41) is 0. The van der Waals surface area contributed by atoms with Crippen LogP contribution in [0.5, 0.6) is 0 Å². The molecule has 0 rings (SSSR count). The number of rotatable bonds is 0. The van der Waals surface area contributed by atoms with Crippen LogP contribution in [0.2, 0.25) is 0 Å². The first-order chi connectivity index (χ1) is 0. The third-order valence-corrected chi connectivity index (χ3v) is 0. The maximum absolute atomic E-state index is 0. The zero-order valence-corrected chi connectivity index (χ0v) is 6.18. The summed E-state index contributed by atoms with van der Waals surface area (Å²) in [6.45, 7) is 0. The van der Waals surface area contributed by atoms with Gasteiger partial charge in [-0.05, 0) is 0 Å². The molecule has 0 atom stereocenters. The molecule has 0 aliphatic rings. The minimum Gasteiger partial charge on any atom is 0 e. The molecule has 0 N–H and O–H groups in total. The van der Waals surface area contributed by atoms with E-state index in [-0.39, 0.29) is 58.8 Å². The van der Waals surface area contributed by atoms with Crippen molar-refractivity contribution in [1.29, 1.82) is 0 Å². The minimum absolute atomic E-state index is 0. The Labute approximate surface area is 58.7 Å². The van der Waals surface area contributed by atoms with Gasteiger partial charge < -0.3 is 0 Å². The van der Waals surface area contributed by atoms with Crippen molar-refractivity contribution in [1.82, 2.24) is 0 Å². The van der Waals surface area contributed by atoms with E-state index in [0.717, 1.165) is 0 Å². The number of hydrogen-bond acceptors (Lipinski definition) is 0. The predicted molar refractivity (Wildman–Crippen MR) is 11.5 cm³/mol. The van der Waals surface area contributed by atoms with Crippen molar-refractivity contribution in [2.45, 2.75) is 0 Å². The molecule has 20 valence electrons. The Morgan fingerprint density at radius 2 is 1.00 bits per heavy atom. The summed E-state index contributed by atoms with van der Waals surface area (Å²) in [5.41, 5.74) is 0. The van der Waals surface area contributed by atoms with E-state index < -0.39 is 0 Å². The Hall–Kier alpha value is 1.54. The first-order valence-corrected chi connectivity index (χ1v) is 0. The van der Waals surface area contributed by atoms with Crippen LogP contribution in [-0.4, -0.2) is 19.4 Å². The van der Waals surface area contributed by atoms with Gasteiger partial charge in [0, 0.05) is 58.8 Å². The maximum atomic E-state index is 0. The first-order valence-electron chi connectivity index (χ1n) is 0. The summed E-state index contributed by atoms with van der Waals surface area (Å²) in [7, 11) is 0. The van der Waals surface area contributed by atoms with E-state index in [2.05, 4.69) is 0 Å². The zero-order valence-electron chi connectivity index (χ0n) is 1.88. The van der Waals surface area contributed by atoms with Gasteiger partial charge in [-0.2, -0.15) is 0 Å². The maximum Gasteiger partial charge on any atom is 0 e. The quantitative estimate of drug-likeness (QED) is 0.437.